The third-order valence-electron chi connectivity index (χ3n) is 5.55. The van der Waals surface area contributed by atoms with Crippen molar-refractivity contribution in [1.82, 2.24) is 4.98 Å². The largest absolute Gasteiger partial charge is 0.497 e. The maximum Gasteiger partial charge on any atom is 0.255 e. The fraction of sp³-hybridized carbons (Fsp3) is 0.280. The molecule has 1 aliphatic rings. The van der Waals surface area contributed by atoms with Crippen LogP contribution in [-0.4, -0.2) is 43.8 Å². The lowest BCUT2D eigenvalue weighted by molar-refractivity contribution is 0.0529. The van der Waals surface area contributed by atoms with E-state index in [1.807, 2.05) is 61.5 Å². The minimum atomic E-state index is -0.151. The van der Waals surface area contributed by atoms with Gasteiger partial charge in [0, 0.05) is 18.7 Å². The van der Waals surface area contributed by atoms with Gasteiger partial charge in [-0.15, -0.1) is 0 Å². The van der Waals surface area contributed by atoms with Crippen molar-refractivity contribution in [3.05, 3.63) is 71.9 Å². The van der Waals surface area contributed by atoms with E-state index in [9.17, 15) is 4.79 Å². The van der Waals surface area contributed by atoms with Crippen molar-refractivity contribution < 1.29 is 14.3 Å². The quantitative estimate of drug-likeness (QED) is 0.660. The number of amides is 1. The van der Waals surface area contributed by atoms with Crippen LogP contribution in [0.3, 0.4) is 0 Å². The number of carbonyl (C=O) groups excluding carboxylic acids is 1. The van der Waals surface area contributed by atoms with Gasteiger partial charge in [0.1, 0.15) is 11.6 Å². The Labute approximate surface area is 182 Å². The highest BCUT2D eigenvalue weighted by Gasteiger charge is 2.18. The van der Waals surface area contributed by atoms with Gasteiger partial charge in [-0.25, -0.2) is 4.98 Å². The molecule has 2 aromatic carbocycles. The van der Waals surface area contributed by atoms with E-state index in [0.717, 1.165) is 41.3 Å². The number of aromatic nitrogens is 1. The summed E-state index contributed by atoms with van der Waals surface area (Å²) in [4.78, 5) is 19.7. The molecule has 0 saturated carbocycles. The Morgan fingerprint density at radius 1 is 1.16 bits per heavy atom. The second-order valence-corrected chi connectivity index (χ2v) is 7.69. The molecule has 1 amide bonds. The van der Waals surface area contributed by atoms with Crippen LogP contribution in [0.25, 0.3) is 11.1 Å². The molecule has 1 unspecified atom stereocenters. The Hall–Kier alpha value is -3.38. The monoisotopic (exact) mass is 417 g/mol. The lowest BCUT2D eigenvalue weighted by atomic mass is 9.96. The maximum atomic E-state index is 13.0. The van der Waals surface area contributed by atoms with E-state index in [1.54, 1.807) is 13.3 Å². The third kappa shape index (κ3) is 4.70. The molecular formula is C25H27N3O3. The second kappa shape index (κ2) is 9.18. The molecule has 6 nitrogen and oxygen atoms in total. The number of rotatable bonds is 5. The number of hydrogen-bond donors (Lipinski definition) is 1. The summed E-state index contributed by atoms with van der Waals surface area (Å²) in [5.41, 5.74) is 4.30. The first-order chi connectivity index (χ1) is 15.0. The lowest BCUT2D eigenvalue weighted by Crippen LogP contribution is -2.41. The minimum absolute atomic E-state index is 0.151. The smallest absolute Gasteiger partial charge is 0.255 e. The summed E-state index contributed by atoms with van der Waals surface area (Å²) in [6.45, 7) is 6.36. The van der Waals surface area contributed by atoms with Crippen molar-refractivity contribution in [2.45, 2.75) is 20.0 Å². The van der Waals surface area contributed by atoms with Crippen molar-refractivity contribution >= 4 is 17.4 Å². The number of nitrogens with one attached hydrogen (secondary N) is 1. The van der Waals surface area contributed by atoms with E-state index < -0.39 is 0 Å². The van der Waals surface area contributed by atoms with Gasteiger partial charge in [-0.1, -0.05) is 24.3 Å². The number of methoxy groups -OCH3 is 1. The van der Waals surface area contributed by atoms with Gasteiger partial charge in [0.05, 0.1) is 31.7 Å². The van der Waals surface area contributed by atoms with Gasteiger partial charge in [-0.05, 0) is 60.9 Å². The van der Waals surface area contributed by atoms with E-state index in [4.69, 9.17) is 9.47 Å². The second-order valence-electron chi connectivity index (χ2n) is 7.69. The first-order valence-electron chi connectivity index (χ1n) is 10.4. The van der Waals surface area contributed by atoms with Gasteiger partial charge >= 0.3 is 0 Å². The van der Waals surface area contributed by atoms with E-state index in [1.165, 1.54) is 0 Å². The summed E-state index contributed by atoms with van der Waals surface area (Å²) in [5.74, 6) is 1.55. The summed E-state index contributed by atoms with van der Waals surface area (Å²) in [6.07, 6.45) is 1.90. The first-order valence-corrected chi connectivity index (χ1v) is 10.4. The van der Waals surface area contributed by atoms with E-state index >= 15 is 0 Å². The van der Waals surface area contributed by atoms with Crippen molar-refractivity contribution in [2.24, 2.45) is 0 Å². The van der Waals surface area contributed by atoms with Crippen LogP contribution < -0.4 is 15.0 Å². The fourth-order valence-electron chi connectivity index (χ4n) is 3.84. The zero-order valence-corrected chi connectivity index (χ0v) is 18.1. The number of nitrogens with zero attached hydrogens (tertiary/aromatic N) is 2. The van der Waals surface area contributed by atoms with Crippen LogP contribution in [0.2, 0.25) is 0 Å². The van der Waals surface area contributed by atoms with Gasteiger partial charge in [-0.2, -0.15) is 0 Å². The minimum Gasteiger partial charge on any atom is -0.497 e. The third-order valence-corrected chi connectivity index (χ3v) is 5.55. The number of anilines is 2. The fourth-order valence-corrected chi connectivity index (χ4v) is 3.84. The molecule has 0 radical (unpaired) electrons. The number of carbonyl (C=O) groups is 1. The Morgan fingerprint density at radius 3 is 2.65 bits per heavy atom. The molecule has 3 aromatic rings. The van der Waals surface area contributed by atoms with Gasteiger partial charge in [0.15, 0.2) is 0 Å². The van der Waals surface area contributed by atoms with Gasteiger partial charge in [0.25, 0.3) is 5.91 Å². The number of pyridine rings is 1. The van der Waals surface area contributed by atoms with Crippen molar-refractivity contribution in [3.63, 3.8) is 0 Å². The number of morpholine rings is 1. The predicted molar refractivity (Wildman–Crippen MR) is 123 cm³/mol. The van der Waals surface area contributed by atoms with Crippen LogP contribution in [0.15, 0.2) is 60.8 Å². The average molecular weight is 418 g/mol. The van der Waals surface area contributed by atoms with Crippen molar-refractivity contribution in [2.75, 3.05) is 37.0 Å². The summed E-state index contributed by atoms with van der Waals surface area (Å²) in [7, 11) is 1.65. The van der Waals surface area contributed by atoms with E-state index in [-0.39, 0.29) is 12.0 Å². The van der Waals surface area contributed by atoms with Crippen LogP contribution in [-0.2, 0) is 4.74 Å². The van der Waals surface area contributed by atoms with Crippen molar-refractivity contribution in [3.8, 4) is 16.9 Å². The highest BCUT2D eigenvalue weighted by Crippen LogP contribution is 2.28. The molecule has 4 rings (SSSR count). The van der Waals surface area contributed by atoms with Crippen LogP contribution >= 0.6 is 0 Å². The zero-order chi connectivity index (χ0) is 21.8. The molecule has 1 fully saturated rings. The van der Waals surface area contributed by atoms with Crippen LogP contribution in [0.1, 0.15) is 22.8 Å². The normalized spacial score (nSPS) is 16.1. The highest BCUT2D eigenvalue weighted by atomic mass is 16.5. The molecule has 0 bridgehead atoms. The topological polar surface area (TPSA) is 63.7 Å². The molecule has 1 atom stereocenters. The zero-order valence-electron chi connectivity index (χ0n) is 18.1. The molecule has 31 heavy (non-hydrogen) atoms. The van der Waals surface area contributed by atoms with Crippen LogP contribution in [0.4, 0.5) is 11.5 Å². The maximum absolute atomic E-state index is 13.0. The lowest BCUT2D eigenvalue weighted by Gasteiger charge is -2.32. The molecule has 1 aliphatic heterocycles. The molecule has 0 spiro atoms. The first kappa shape index (κ1) is 20.9. The molecule has 1 aromatic heterocycles. The predicted octanol–water partition coefficient (Wildman–Crippen LogP) is 4.54. The molecular weight excluding hydrogens is 390 g/mol. The molecule has 6 heteroatoms. The Morgan fingerprint density at radius 2 is 1.97 bits per heavy atom. The Bertz CT molecular complexity index is 1050. The van der Waals surface area contributed by atoms with Gasteiger partial charge in [-0.3, -0.25) is 4.79 Å². The number of benzene rings is 2. The molecule has 1 saturated heterocycles. The molecule has 0 aliphatic carbocycles. The van der Waals surface area contributed by atoms with Crippen molar-refractivity contribution in [1.29, 1.82) is 0 Å². The Kier molecular flexibility index (Phi) is 6.18. The summed E-state index contributed by atoms with van der Waals surface area (Å²) < 4.78 is 10.8. The van der Waals surface area contributed by atoms with E-state index in [2.05, 4.69) is 22.1 Å². The van der Waals surface area contributed by atoms with Crippen LogP contribution in [0.5, 0.6) is 5.75 Å². The number of ether oxygens (including phenoxy) is 2. The Balaban J connectivity index is 1.49. The average Bonchev–Trinajstić information content (AvgIpc) is 2.80. The van der Waals surface area contributed by atoms with E-state index in [0.29, 0.717) is 17.9 Å². The van der Waals surface area contributed by atoms with Gasteiger partial charge < -0.3 is 19.7 Å². The van der Waals surface area contributed by atoms with Gasteiger partial charge in [0.2, 0.25) is 0 Å². The number of hydrogen-bond acceptors (Lipinski definition) is 5. The SMILES string of the molecule is COc1ccc(-c2cccc(C(=O)Nc3ccc(N4CCOC(C)C4)nc3)c2C)cc1. The standard InChI is InChI=1S/C25H27N3O3/c1-17-16-28(13-14-31-17)24-12-9-20(15-26-24)27-25(29)23-6-4-5-22(18(23)2)19-7-10-21(30-3)11-8-19/h4-12,15,17H,13-14,16H2,1-3H3,(H,27,29). The summed E-state index contributed by atoms with van der Waals surface area (Å²) in [5, 5.41) is 2.97. The van der Waals surface area contributed by atoms with Crippen LogP contribution in [0, 0.1) is 6.92 Å². The molecule has 160 valence electrons. The highest BCUT2D eigenvalue weighted by molar-refractivity contribution is 6.06. The molecule has 2 heterocycles. The molecule has 1 N–H and O–H groups in total. The summed E-state index contributed by atoms with van der Waals surface area (Å²) in [6, 6.07) is 17.4. The summed E-state index contributed by atoms with van der Waals surface area (Å²) >= 11 is 0.